The Morgan fingerprint density at radius 1 is 1.32 bits per heavy atom. The van der Waals surface area contributed by atoms with E-state index >= 15 is 0 Å². The number of carbonyl (C=O) groups excluding carboxylic acids is 1. The van der Waals surface area contributed by atoms with E-state index in [1.165, 1.54) is 4.90 Å². The van der Waals surface area contributed by atoms with Gasteiger partial charge in [-0.2, -0.15) is 0 Å². The monoisotopic (exact) mass is 437 g/mol. The summed E-state index contributed by atoms with van der Waals surface area (Å²) in [7, 11) is 0. The van der Waals surface area contributed by atoms with Crippen molar-refractivity contribution in [1.82, 2.24) is 4.90 Å². The van der Waals surface area contributed by atoms with E-state index in [1.54, 1.807) is 12.1 Å². The minimum absolute atomic E-state index is 0.0672. The molecule has 0 aliphatic carbocycles. The first-order chi connectivity index (χ1) is 12.0. The number of rotatable bonds is 5. The van der Waals surface area contributed by atoms with E-state index < -0.39 is 5.97 Å². The van der Waals surface area contributed by atoms with Crippen LogP contribution in [0.3, 0.4) is 0 Å². The topological polar surface area (TPSA) is 70.8 Å². The van der Waals surface area contributed by atoms with Crippen molar-refractivity contribution in [3.8, 4) is 11.3 Å². The van der Waals surface area contributed by atoms with Gasteiger partial charge in [0.05, 0.1) is 11.3 Å². The molecule has 0 bridgehead atoms. The second kappa shape index (κ2) is 7.55. The van der Waals surface area contributed by atoms with Crippen LogP contribution in [-0.2, 0) is 9.59 Å². The summed E-state index contributed by atoms with van der Waals surface area (Å²) in [5, 5.41) is 8.76. The van der Waals surface area contributed by atoms with Gasteiger partial charge in [-0.3, -0.25) is 14.5 Å². The van der Waals surface area contributed by atoms with Crippen LogP contribution in [0.25, 0.3) is 17.4 Å². The summed E-state index contributed by atoms with van der Waals surface area (Å²) in [5.74, 6) is -0.0539. The van der Waals surface area contributed by atoms with E-state index in [-0.39, 0.29) is 18.9 Å². The maximum atomic E-state index is 12.4. The van der Waals surface area contributed by atoms with Crippen molar-refractivity contribution in [3.05, 3.63) is 51.5 Å². The summed E-state index contributed by atoms with van der Waals surface area (Å²) in [6.07, 6.45) is 1.48. The van der Waals surface area contributed by atoms with Crippen molar-refractivity contribution in [2.75, 3.05) is 6.54 Å². The number of hydrogen-bond acceptors (Lipinski definition) is 5. The molecule has 2 aromatic rings. The first kappa shape index (κ1) is 17.9. The lowest BCUT2D eigenvalue weighted by atomic mass is 10.2. The van der Waals surface area contributed by atoms with Crippen LogP contribution in [0.2, 0.25) is 0 Å². The van der Waals surface area contributed by atoms with Crippen LogP contribution in [0.15, 0.2) is 50.2 Å². The Hall–Kier alpha value is -1.90. The largest absolute Gasteiger partial charge is 0.481 e. The molecule has 1 amide bonds. The maximum Gasteiger partial charge on any atom is 0.305 e. The van der Waals surface area contributed by atoms with Gasteiger partial charge in [0.25, 0.3) is 5.91 Å². The van der Waals surface area contributed by atoms with E-state index in [2.05, 4.69) is 15.9 Å². The molecule has 0 atom stereocenters. The second-order valence-corrected chi connectivity index (χ2v) is 7.69. The van der Waals surface area contributed by atoms with E-state index in [9.17, 15) is 9.59 Å². The van der Waals surface area contributed by atoms with Crippen molar-refractivity contribution < 1.29 is 19.1 Å². The third-order valence-corrected chi connectivity index (χ3v) is 5.53. The van der Waals surface area contributed by atoms with Gasteiger partial charge >= 0.3 is 5.97 Å². The van der Waals surface area contributed by atoms with Crippen LogP contribution >= 0.6 is 39.9 Å². The molecule has 1 aromatic heterocycles. The molecule has 25 heavy (non-hydrogen) atoms. The average Bonchev–Trinajstić information content (AvgIpc) is 3.12. The molecule has 1 saturated heterocycles. The molecule has 0 spiro atoms. The third kappa shape index (κ3) is 4.02. The minimum Gasteiger partial charge on any atom is -0.481 e. The van der Waals surface area contributed by atoms with Gasteiger partial charge in [0.2, 0.25) is 0 Å². The zero-order chi connectivity index (χ0) is 18.0. The van der Waals surface area contributed by atoms with Crippen LogP contribution < -0.4 is 0 Å². The zero-order valence-electron chi connectivity index (χ0n) is 12.8. The SMILES string of the molecule is O=C(O)CCN1C(=O)/C(=C\c2ccc(-c3ccccc3Br)o2)SC1=S. The van der Waals surface area contributed by atoms with Gasteiger partial charge in [0, 0.05) is 22.7 Å². The Morgan fingerprint density at radius 3 is 2.80 bits per heavy atom. The number of carboxylic acid groups (broad SMARTS) is 1. The van der Waals surface area contributed by atoms with Crippen molar-refractivity contribution in [1.29, 1.82) is 0 Å². The molecule has 1 aliphatic heterocycles. The molecule has 0 unspecified atom stereocenters. The molecular weight excluding hydrogens is 426 g/mol. The lowest BCUT2D eigenvalue weighted by Crippen LogP contribution is -2.30. The number of benzene rings is 1. The molecule has 0 radical (unpaired) electrons. The van der Waals surface area contributed by atoms with Gasteiger partial charge in [-0.1, -0.05) is 58.1 Å². The highest BCUT2D eigenvalue weighted by Gasteiger charge is 2.32. The molecule has 3 rings (SSSR count). The molecule has 1 N–H and O–H groups in total. The van der Waals surface area contributed by atoms with E-state index in [0.29, 0.717) is 20.7 Å². The lowest BCUT2D eigenvalue weighted by molar-refractivity contribution is -0.137. The number of hydrogen-bond donors (Lipinski definition) is 1. The van der Waals surface area contributed by atoms with Crippen LogP contribution in [0, 0.1) is 0 Å². The maximum absolute atomic E-state index is 12.4. The Balaban J connectivity index is 1.80. The molecule has 1 aliphatic rings. The Morgan fingerprint density at radius 2 is 2.08 bits per heavy atom. The van der Waals surface area contributed by atoms with Crippen LogP contribution in [0.1, 0.15) is 12.2 Å². The Bertz CT molecular complexity index is 890. The standard InChI is InChI=1S/C17H12BrNO4S2/c18-12-4-2-1-3-11(12)13-6-5-10(23-13)9-14-16(22)19(17(24)25-14)8-7-15(20)21/h1-6,9H,7-8H2,(H,20,21)/b14-9+. The first-order valence-electron chi connectivity index (χ1n) is 7.27. The van der Waals surface area contributed by atoms with Crippen molar-refractivity contribution >= 4 is 62.2 Å². The Labute approximate surface area is 161 Å². The number of nitrogens with zero attached hydrogens (tertiary/aromatic N) is 1. The predicted octanol–water partition coefficient (Wildman–Crippen LogP) is 4.39. The molecule has 128 valence electrons. The van der Waals surface area contributed by atoms with E-state index in [4.69, 9.17) is 21.7 Å². The summed E-state index contributed by atoms with van der Waals surface area (Å²) in [6.45, 7) is 0.0672. The van der Waals surface area contributed by atoms with E-state index in [0.717, 1.165) is 21.8 Å². The number of carbonyl (C=O) groups is 2. The number of carboxylic acids is 1. The minimum atomic E-state index is -0.970. The zero-order valence-corrected chi connectivity index (χ0v) is 16.0. The number of thiocarbonyl (C=S) groups is 1. The van der Waals surface area contributed by atoms with Crippen molar-refractivity contribution in [2.24, 2.45) is 0 Å². The molecule has 5 nitrogen and oxygen atoms in total. The fourth-order valence-electron chi connectivity index (χ4n) is 2.27. The number of aliphatic carboxylic acids is 1. The molecule has 2 heterocycles. The van der Waals surface area contributed by atoms with Gasteiger partial charge in [0.1, 0.15) is 15.8 Å². The number of thioether (sulfide) groups is 1. The van der Waals surface area contributed by atoms with Gasteiger partial charge in [-0.25, -0.2) is 0 Å². The molecule has 8 heteroatoms. The first-order valence-corrected chi connectivity index (χ1v) is 9.29. The third-order valence-electron chi connectivity index (χ3n) is 3.46. The quantitative estimate of drug-likeness (QED) is 0.552. The molecule has 0 saturated carbocycles. The molecule has 1 fully saturated rings. The smallest absolute Gasteiger partial charge is 0.305 e. The van der Waals surface area contributed by atoms with Gasteiger partial charge < -0.3 is 9.52 Å². The van der Waals surface area contributed by atoms with Crippen molar-refractivity contribution in [2.45, 2.75) is 6.42 Å². The number of furan rings is 1. The van der Waals surface area contributed by atoms with Gasteiger partial charge in [0.15, 0.2) is 0 Å². The average molecular weight is 438 g/mol. The second-order valence-electron chi connectivity index (χ2n) is 5.16. The summed E-state index contributed by atoms with van der Waals surface area (Å²) in [6, 6.07) is 11.3. The summed E-state index contributed by atoms with van der Waals surface area (Å²) >= 11 is 9.78. The Kier molecular flexibility index (Phi) is 5.41. The fraction of sp³-hybridized carbons (Fsp3) is 0.118. The predicted molar refractivity (Wildman–Crippen MR) is 104 cm³/mol. The van der Waals surface area contributed by atoms with E-state index in [1.807, 2.05) is 30.3 Å². The van der Waals surface area contributed by atoms with Crippen LogP contribution in [0.5, 0.6) is 0 Å². The number of amides is 1. The normalized spacial score (nSPS) is 16.0. The summed E-state index contributed by atoms with van der Waals surface area (Å²) in [5.41, 5.74) is 0.913. The highest BCUT2D eigenvalue weighted by molar-refractivity contribution is 9.10. The van der Waals surface area contributed by atoms with Gasteiger partial charge in [-0.05, 0) is 18.2 Å². The lowest BCUT2D eigenvalue weighted by Gasteiger charge is -2.12. The fourth-order valence-corrected chi connectivity index (χ4v) is 4.03. The number of halogens is 1. The highest BCUT2D eigenvalue weighted by atomic mass is 79.9. The highest BCUT2D eigenvalue weighted by Crippen LogP contribution is 2.34. The van der Waals surface area contributed by atoms with Crippen LogP contribution in [-0.4, -0.2) is 32.7 Å². The molecular formula is C17H12BrNO4S2. The summed E-state index contributed by atoms with van der Waals surface area (Å²) < 4.78 is 7.07. The summed E-state index contributed by atoms with van der Waals surface area (Å²) in [4.78, 5) is 24.8. The van der Waals surface area contributed by atoms with Gasteiger partial charge in [-0.15, -0.1) is 0 Å². The molecule has 1 aromatic carbocycles. The van der Waals surface area contributed by atoms with Crippen molar-refractivity contribution in [3.63, 3.8) is 0 Å². The van der Waals surface area contributed by atoms with Crippen LogP contribution in [0.4, 0.5) is 0 Å².